The lowest BCUT2D eigenvalue weighted by molar-refractivity contribution is 0.122. The molecule has 30 heavy (non-hydrogen) atoms. The van der Waals surface area contributed by atoms with Gasteiger partial charge in [0.1, 0.15) is 0 Å². The summed E-state index contributed by atoms with van der Waals surface area (Å²) in [5.74, 6) is 0. The lowest BCUT2D eigenvalue weighted by Gasteiger charge is -2.28. The number of hydrogen-bond donors (Lipinski definition) is 0. The molecule has 0 radical (unpaired) electrons. The summed E-state index contributed by atoms with van der Waals surface area (Å²) in [6, 6.07) is 22.6. The van der Waals surface area contributed by atoms with Gasteiger partial charge in [-0.2, -0.15) is 5.10 Å². The number of morpholine rings is 1. The molecule has 0 unspecified atom stereocenters. The van der Waals surface area contributed by atoms with Crippen LogP contribution in [-0.4, -0.2) is 40.9 Å². The summed E-state index contributed by atoms with van der Waals surface area (Å²) >= 11 is 6.12. The SMILES string of the molecule is Clc1ccc(-c2nn3c4cc(N5CCOCC5)ccc4nc3c3ccccc23)cc1. The van der Waals surface area contributed by atoms with E-state index in [0.717, 1.165) is 65.0 Å². The van der Waals surface area contributed by atoms with Crippen molar-refractivity contribution in [1.29, 1.82) is 0 Å². The van der Waals surface area contributed by atoms with Gasteiger partial charge in [-0.25, -0.2) is 9.50 Å². The predicted octanol–water partition coefficient (Wildman–Crippen LogP) is 5.19. The van der Waals surface area contributed by atoms with Gasteiger partial charge in [-0.1, -0.05) is 48.0 Å². The van der Waals surface area contributed by atoms with Crippen LogP contribution < -0.4 is 4.90 Å². The predicted molar refractivity (Wildman–Crippen MR) is 121 cm³/mol. The highest BCUT2D eigenvalue weighted by molar-refractivity contribution is 6.30. The Morgan fingerprint density at radius 2 is 1.63 bits per heavy atom. The minimum absolute atomic E-state index is 0.715. The van der Waals surface area contributed by atoms with Crippen LogP contribution in [0.1, 0.15) is 0 Å². The largest absolute Gasteiger partial charge is 0.378 e. The second-order valence-electron chi connectivity index (χ2n) is 7.52. The molecule has 148 valence electrons. The highest BCUT2D eigenvalue weighted by atomic mass is 35.5. The van der Waals surface area contributed by atoms with Gasteiger partial charge in [0.05, 0.1) is 29.9 Å². The van der Waals surface area contributed by atoms with Crippen LogP contribution >= 0.6 is 11.6 Å². The second kappa shape index (κ2) is 6.97. The number of imidazole rings is 1. The van der Waals surface area contributed by atoms with Crippen molar-refractivity contribution in [3.8, 4) is 11.3 Å². The number of anilines is 1. The molecule has 0 amide bonds. The third-order valence-electron chi connectivity index (χ3n) is 5.73. The highest BCUT2D eigenvalue weighted by Gasteiger charge is 2.17. The zero-order valence-electron chi connectivity index (χ0n) is 16.3. The van der Waals surface area contributed by atoms with E-state index in [1.54, 1.807) is 0 Å². The molecule has 0 bridgehead atoms. The first-order chi connectivity index (χ1) is 14.8. The Morgan fingerprint density at radius 1 is 0.867 bits per heavy atom. The fraction of sp³-hybridized carbons (Fsp3) is 0.167. The van der Waals surface area contributed by atoms with Crippen molar-refractivity contribution in [3.05, 3.63) is 71.8 Å². The van der Waals surface area contributed by atoms with E-state index in [9.17, 15) is 0 Å². The zero-order valence-corrected chi connectivity index (χ0v) is 17.0. The minimum atomic E-state index is 0.715. The minimum Gasteiger partial charge on any atom is -0.378 e. The number of ether oxygens (including phenoxy) is 1. The van der Waals surface area contributed by atoms with Gasteiger partial charge in [-0.3, -0.25) is 0 Å². The average molecular weight is 415 g/mol. The monoisotopic (exact) mass is 414 g/mol. The Kier molecular flexibility index (Phi) is 4.11. The van der Waals surface area contributed by atoms with Gasteiger partial charge in [0.15, 0.2) is 5.65 Å². The van der Waals surface area contributed by atoms with Crippen LogP contribution in [0.2, 0.25) is 5.02 Å². The molecule has 5 nitrogen and oxygen atoms in total. The van der Waals surface area contributed by atoms with Crippen molar-refractivity contribution >= 4 is 44.7 Å². The first-order valence-corrected chi connectivity index (χ1v) is 10.5. The number of halogens is 1. The smallest absolute Gasteiger partial charge is 0.162 e. The first kappa shape index (κ1) is 17.7. The van der Waals surface area contributed by atoms with E-state index in [2.05, 4.69) is 35.2 Å². The summed E-state index contributed by atoms with van der Waals surface area (Å²) in [6.45, 7) is 3.31. The van der Waals surface area contributed by atoms with Gasteiger partial charge in [-0.05, 0) is 30.3 Å². The molecule has 0 saturated carbocycles. The molecular weight excluding hydrogens is 396 g/mol. The Labute approximate surface area is 178 Å². The zero-order chi connectivity index (χ0) is 20.1. The van der Waals surface area contributed by atoms with E-state index in [1.165, 1.54) is 5.69 Å². The molecular formula is C24H19ClN4O. The number of hydrogen-bond acceptors (Lipinski definition) is 4. The quantitative estimate of drug-likeness (QED) is 0.398. The van der Waals surface area contributed by atoms with Crippen molar-refractivity contribution in [2.45, 2.75) is 0 Å². The maximum absolute atomic E-state index is 6.12. The molecule has 3 heterocycles. The summed E-state index contributed by atoms with van der Waals surface area (Å²) in [7, 11) is 0. The third-order valence-corrected chi connectivity index (χ3v) is 5.98. The fourth-order valence-electron chi connectivity index (χ4n) is 4.20. The van der Waals surface area contributed by atoms with Crippen LogP contribution in [-0.2, 0) is 4.74 Å². The molecule has 1 fully saturated rings. The van der Waals surface area contributed by atoms with Crippen LogP contribution in [0.25, 0.3) is 38.7 Å². The number of aromatic nitrogens is 3. The Bertz CT molecular complexity index is 1390. The Morgan fingerprint density at radius 3 is 2.43 bits per heavy atom. The average Bonchev–Trinajstić information content (AvgIpc) is 3.18. The third kappa shape index (κ3) is 2.82. The molecule has 0 atom stereocenters. The lowest BCUT2D eigenvalue weighted by Crippen LogP contribution is -2.36. The molecule has 0 N–H and O–H groups in total. The molecule has 6 heteroatoms. The van der Waals surface area contributed by atoms with Gasteiger partial charge < -0.3 is 9.64 Å². The van der Waals surface area contributed by atoms with E-state index in [0.29, 0.717) is 5.02 Å². The fourth-order valence-corrected chi connectivity index (χ4v) is 4.33. The van der Waals surface area contributed by atoms with Gasteiger partial charge >= 0.3 is 0 Å². The van der Waals surface area contributed by atoms with Crippen LogP contribution in [0.3, 0.4) is 0 Å². The van der Waals surface area contributed by atoms with E-state index in [1.807, 2.05) is 40.9 Å². The number of nitrogens with zero attached hydrogens (tertiary/aromatic N) is 4. The molecule has 5 aromatic rings. The Hall–Kier alpha value is -3.15. The molecule has 1 aliphatic rings. The van der Waals surface area contributed by atoms with Crippen molar-refractivity contribution in [1.82, 2.24) is 14.6 Å². The van der Waals surface area contributed by atoms with Gasteiger partial charge in [-0.15, -0.1) is 0 Å². The summed E-state index contributed by atoms with van der Waals surface area (Å²) < 4.78 is 7.48. The van der Waals surface area contributed by atoms with Crippen LogP contribution in [0.4, 0.5) is 5.69 Å². The maximum atomic E-state index is 6.12. The lowest BCUT2D eigenvalue weighted by atomic mass is 10.1. The normalized spacial score (nSPS) is 14.8. The number of benzene rings is 3. The molecule has 1 aliphatic heterocycles. The summed E-state index contributed by atoms with van der Waals surface area (Å²) in [6.07, 6.45) is 0. The molecule has 1 saturated heterocycles. The number of fused-ring (bicyclic) bond motifs is 5. The van der Waals surface area contributed by atoms with Crippen molar-refractivity contribution < 1.29 is 4.74 Å². The van der Waals surface area contributed by atoms with E-state index in [-0.39, 0.29) is 0 Å². The summed E-state index contributed by atoms with van der Waals surface area (Å²) in [5.41, 5.74) is 5.95. The van der Waals surface area contributed by atoms with Gasteiger partial charge in [0, 0.05) is 40.1 Å². The Balaban J connectivity index is 1.63. The second-order valence-corrected chi connectivity index (χ2v) is 7.96. The van der Waals surface area contributed by atoms with Crippen molar-refractivity contribution in [2.24, 2.45) is 0 Å². The molecule has 6 rings (SSSR count). The van der Waals surface area contributed by atoms with Gasteiger partial charge in [0.2, 0.25) is 0 Å². The van der Waals surface area contributed by atoms with Crippen LogP contribution in [0, 0.1) is 0 Å². The van der Waals surface area contributed by atoms with E-state index in [4.69, 9.17) is 26.4 Å². The van der Waals surface area contributed by atoms with E-state index >= 15 is 0 Å². The van der Waals surface area contributed by atoms with Crippen molar-refractivity contribution in [3.63, 3.8) is 0 Å². The first-order valence-electron chi connectivity index (χ1n) is 10.1. The van der Waals surface area contributed by atoms with Crippen LogP contribution in [0.15, 0.2) is 66.7 Å². The summed E-state index contributed by atoms with van der Waals surface area (Å²) in [5, 5.41) is 7.93. The molecule has 2 aromatic heterocycles. The molecule has 0 spiro atoms. The number of rotatable bonds is 2. The summed E-state index contributed by atoms with van der Waals surface area (Å²) in [4.78, 5) is 7.27. The maximum Gasteiger partial charge on any atom is 0.162 e. The molecule has 3 aromatic carbocycles. The van der Waals surface area contributed by atoms with Crippen LogP contribution in [0.5, 0.6) is 0 Å². The topological polar surface area (TPSA) is 42.7 Å². The van der Waals surface area contributed by atoms with Gasteiger partial charge in [0.25, 0.3) is 0 Å². The standard InChI is InChI=1S/C24H19ClN4O/c25-17-7-5-16(6-8-17)23-19-3-1-2-4-20(19)24-26-21-10-9-18(15-22(21)29(24)27-23)28-11-13-30-14-12-28/h1-10,15H,11-14H2. The molecule has 0 aliphatic carbocycles. The highest BCUT2D eigenvalue weighted by Crippen LogP contribution is 2.32. The van der Waals surface area contributed by atoms with Crippen molar-refractivity contribution in [2.75, 3.05) is 31.2 Å². The van der Waals surface area contributed by atoms with E-state index < -0.39 is 0 Å².